The van der Waals surface area contributed by atoms with Gasteiger partial charge in [-0.3, -0.25) is 9.59 Å². The number of carbonyl (C=O) groups is 2. The molecule has 0 aromatic carbocycles. The molecule has 0 aromatic heterocycles. The van der Waals surface area contributed by atoms with E-state index < -0.39 is 33.5 Å². The average Bonchev–Trinajstić information content (AvgIpc) is 2.68. The molecule has 3 aliphatic rings. The van der Waals surface area contributed by atoms with Gasteiger partial charge in [-0.2, -0.15) is 0 Å². The molecule has 0 spiro atoms. The minimum Gasteiger partial charge on any atom is -0.393 e. The van der Waals surface area contributed by atoms with Gasteiger partial charge in [0, 0.05) is 0 Å². The van der Waals surface area contributed by atoms with Crippen LogP contribution in [0.5, 0.6) is 0 Å². The summed E-state index contributed by atoms with van der Waals surface area (Å²) >= 11 is 24.5. The Morgan fingerprint density at radius 1 is 1.00 bits per heavy atom. The van der Waals surface area contributed by atoms with E-state index in [1.807, 2.05) is 0 Å². The molecule has 1 heterocycles. The Hall–Kier alpha value is 0.0400. The molecule has 0 unspecified atom stereocenters. The first-order valence-corrected chi connectivity index (χ1v) is 6.03. The number of fused-ring (bicyclic) bond motifs is 5. The van der Waals surface area contributed by atoms with E-state index in [4.69, 9.17) is 46.4 Å². The summed E-state index contributed by atoms with van der Waals surface area (Å²) in [4.78, 5) is 20.7. The highest BCUT2D eigenvalue weighted by molar-refractivity contribution is 6.52. The third kappa shape index (κ3) is 0.953. The van der Waals surface area contributed by atoms with Gasteiger partial charge in [-0.15, -0.1) is 23.2 Å². The summed E-state index contributed by atoms with van der Waals surface area (Å²) in [5.74, 6) is -2.99. The van der Waals surface area contributed by atoms with Gasteiger partial charge < -0.3 is 4.74 Å². The van der Waals surface area contributed by atoms with Crippen LogP contribution in [0.25, 0.3) is 0 Å². The minimum atomic E-state index is -1.19. The van der Waals surface area contributed by atoms with Crippen molar-refractivity contribution in [1.29, 1.82) is 0 Å². The highest BCUT2D eigenvalue weighted by Crippen LogP contribution is 2.69. The molecule has 2 bridgehead atoms. The Labute approximate surface area is 111 Å². The SMILES string of the molecule is O=C1OC(=O)[C@H]2[C@H]1[C@@]1(Cl)C[C@@]2(Cl)C(Cl)=C1Cl. The average molecular weight is 302 g/mol. The van der Waals surface area contributed by atoms with Gasteiger partial charge in [0.2, 0.25) is 0 Å². The monoisotopic (exact) mass is 300 g/mol. The maximum absolute atomic E-state index is 11.5. The van der Waals surface area contributed by atoms with Gasteiger partial charge in [-0.05, 0) is 6.42 Å². The summed E-state index contributed by atoms with van der Waals surface area (Å²) < 4.78 is 4.55. The van der Waals surface area contributed by atoms with Crippen molar-refractivity contribution in [3.8, 4) is 0 Å². The molecular weight excluding hydrogens is 298 g/mol. The second-order valence-corrected chi connectivity index (χ2v) is 6.33. The lowest BCUT2D eigenvalue weighted by Crippen LogP contribution is -2.38. The highest BCUT2D eigenvalue weighted by atomic mass is 35.5. The van der Waals surface area contributed by atoms with Crippen molar-refractivity contribution in [2.45, 2.75) is 16.2 Å². The first-order valence-electron chi connectivity index (χ1n) is 4.52. The van der Waals surface area contributed by atoms with Crippen LogP contribution in [-0.2, 0) is 14.3 Å². The maximum Gasteiger partial charge on any atom is 0.319 e. The van der Waals surface area contributed by atoms with Crippen LogP contribution in [0.4, 0.5) is 0 Å². The normalized spacial score (nSPS) is 50.0. The number of cyclic esters (lactones) is 2. The molecule has 1 aliphatic heterocycles. The number of hydrogen-bond donors (Lipinski definition) is 0. The Balaban J connectivity index is 2.25. The van der Waals surface area contributed by atoms with Crippen molar-refractivity contribution in [1.82, 2.24) is 0 Å². The predicted octanol–water partition coefficient (Wildman–Crippen LogP) is 2.36. The molecule has 3 nitrogen and oxygen atoms in total. The summed E-state index contributed by atoms with van der Waals surface area (Å²) in [5.41, 5.74) is 0. The number of esters is 2. The summed E-state index contributed by atoms with van der Waals surface area (Å²) in [6.45, 7) is 0. The highest BCUT2D eigenvalue weighted by Gasteiger charge is 2.76. The van der Waals surface area contributed by atoms with Crippen LogP contribution in [0.3, 0.4) is 0 Å². The van der Waals surface area contributed by atoms with E-state index in [1.165, 1.54) is 0 Å². The van der Waals surface area contributed by atoms with Gasteiger partial charge in [-0.25, -0.2) is 0 Å². The first-order chi connectivity index (χ1) is 7.32. The molecule has 3 rings (SSSR count). The fraction of sp³-hybridized carbons (Fsp3) is 0.556. The third-order valence-electron chi connectivity index (χ3n) is 3.47. The van der Waals surface area contributed by atoms with Crippen LogP contribution >= 0.6 is 46.4 Å². The van der Waals surface area contributed by atoms with Crippen LogP contribution in [-0.4, -0.2) is 21.7 Å². The Kier molecular flexibility index (Phi) is 2.01. The quantitative estimate of drug-likeness (QED) is 0.392. The van der Waals surface area contributed by atoms with E-state index in [2.05, 4.69) is 4.74 Å². The Morgan fingerprint density at radius 3 is 1.75 bits per heavy atom. The molecule has 1 saturated carbocycles. The van der Waals surface area contributed by atoms with Gasteiger partial charge in [-0.1, -0.05) is 23.2 Å². The van der Waals surface area contributed by atoms with Crippen LogP contribution in [0.2, 0.25) is 0 Å². The van der Waals surface area contributed by atoms with Crippen LogP contribution in [0.15, 0.2) is 10.1 Å². The Bertz CT molecular complexity index is 433. The minimum absolute atomic E-state index is 0.152. The first kappa shape index (κ1) is 11.1. The van der Waals surface area contributed by atoms with Gasteiger partial charge >= 0.3 is 11.9 Å². The molecule has 0 aromatic rings. The zero-order chi connectivity index (χ0) is 11.9. The maximum atomic E-state index is 11.5. The fourth-order valence-corrected chi connectivity index (χ4v) is 4.70. The lowest BCUT2D eigenvalue weighted by Gasteiger charge is -2.27. The number of rotatable bonds is 0. The molecule has 86 valence electrons. The number of halogens is 4. The summed E-state index contributed by atoms with van der Waals surface area (Å²) in [7, 11) is 0. The van der Waals surface area contributed by atoms with Gasteiger partial charge in [0.1, 0.15) is 0 Å². The summed E-state index contributed by atoms with van der Waals surface area (Å²) in [6, 6.07) is 0. The zero-order valence-corrected chi connectivity index (χ0v) is 10.6. The van der Waals surface area contributed by atoms with Crippen molar-refractivity contribution < 1.29 is 14.3 Å². The number of carbonyl (C=O) groups excluding carboxylic acids is 2. The fourth-order valence-electron chi connectivity index (χ4n) is 2.79. The lowest BCUT2D eigenvalue weighted by atomic mass is 9.84. The number of ether oxygens (including phenoxy) is 1. The second kappa shape index (κ2) is 2.89. The number of hydrogen-bond acceptors (Lipinski definition) is 3. The summed E-state index contributed by atoms with van der Waals surface area (Å²) in [6.07, 6.45) is 0.178. The molecule has 2 fully saturated rings. The number of allylic oxidation sites excluding steroid dienone is 2. The van der Waals surface area contributed by atoms with Gasteiger partial charge in [0.15, 0.2) is 0 Å². The number of alkyl halides is 2. The smallest absolute Gasteiger partial charge is 0.319 e. The molecule has 0 radical (unpaired) electrons. The standard InChI is InChI=1S/C9H4Cl4O3/c10-4-5(11)9(13)1-8(4,12)2-3(9)7(15)16-6(2)14/h2-3H,1H2/t2-,3-,8+,9+/m1/s1. The van der Waals surface area contributed by atoms with E-state index >= 15 is 0 Å². The van der Waals surface area contributed by atoms with Crippen molar-refractivity contribution in [2.75, 3.05) is 0 Å². The van der Waals surface area contributed by atoms with E-state index in [9.17, 15) is 9.59 Å². The van der Waals surface area contributed by atoms with Crippen LogP contribution < -0.4 is 0 Å². The molecule has 1 saturated heterocycles. The van der Waals surface area contributed by atoms with Crippen LogP contribution in [0, 0.1) is 11.8 Å². The molecular formula is C9H4Cl4O3. The zero-order valence-electron chi connectivity index (χ0n) is 7.60. The topological polar surface area (TPSA) is 43.4 Å². The van der Waals surface area contributed by atoms with E-state index in [-0.39, 0.29) is 16.5 Å². The van der Waals surface area contributed by atoms with Crippen molar-refractivity contribution in [3.63, 3.8) is 0 Å². The molecule has 2 aliphatic carbocycles. The van der Waals surface area contributed by atoms with Crippen molar-refractivity contribution in [2.24, 2.45) is 11.8 Å². The largest absolute Gasteiger partial charge is 0.393 e. The lowest BCUT2D eigenvalue weighted by molar-refractivity contribution is -0.154. The summed E-state index contributed by atoms with van der Waals surface area (Å²) in [5, 5.41) is 0.303. The van der Waals surface area contributed by atoms with E-state index in [1.54, 1.807) is 0 Å². The van der Waals surface area contributed by atoms with Crippen molar-refractivity contribution in [3.05, 3.63) is 10.1 Å². The van der Waals surface area contributed by atoms with E-state index in [0.717, 1.165) is 0 Å². The van der Waals surface area contributed by atoms with Crippen LogP contribution in [0.1, 0.15) is 6.42 Å². The van der Waals surface area contributed by atoms with Gasteiger partial charge in [0.25, 0.3) is 0 Å². The van der Waals surface area contributed by atoms with E-state index in [0.29, 0.717) is 0 Å². The third-order valence-corrected chi connectivity index (χ3v) is 5.92. The van der Waals surface area contributed by atoms with Gasteiger partial charge in [0.05, 0.1) is 31.6 Å². The predicted molar refractivity (Wildman–Crippen MR) is 58.6 cm³/mol. The molecule has 16 heavy (non-hydrogen) atoms. The molecule has 0 N–H and O–H groups in total. The molecule has 0 amide bonds. The second-order valence-electron chi connectivity index (χ2n) is 4.23. The van der Waals surface area contributed by atoms with Crippen molar-refractivity contribution >= 4 is 58.3 Å². The molecule has 4 atom stereocenters. The Morgan fingerprint density at radius 2 is 1.38 bits per heavy atom. The molecule has 7 heteroatoms.